The van der Waals surface area contributed by atoms with E-state index in [2.05, 4.69) is 27.2 Å². The summed E-state index contributed by atoms with van der Waals surface area (Å²) in [7, 11) is 3.12. The first kappa shape index (κ1) is 13.5. The number of aromatic nitrogens is 3. The third kappa shape index (κ3) is 3.31. The van der Waals surface area contributed by atoms with Crippen molar-refractivity contribution in [1.82, 2.24) is 15.0 Å². The van der Waals surface area contributed by atoms with Gasteiger partial charge in [0.15, 0.2) is 0 Å². The minimum Gasteiger partial charge on any atom is -0.481 e. The van der Waals surface area contributed by atoms with Gasteiger partial charge in [-0.15, -0.1) is 11.3 Å². The van der Waals surface area contributed by atoms with E-state index in [-0.39, 0.29) is 6.04 Å². The van der Waals surface area contributed by atoms with Crippen molar-refractivity contribution >= 4 is 17.3 Å². The van der Waals surface area contributed by atoms with Crippen molar-refractivity contribution in [3.05, 3.63) is 22.7 Å². The number of nitrogens with one attached hydrogen (secondary N) is 1. The normalized spacial score (nSPS) is 11.9. The van der Waals surface area contributed by atoms with E-state index < -0.39 is 0 Å². The molecular weight excluding hydrogens is 264 g/mol. The first-order chi connectivity index (χ1) is 9.26. The van der Waals surface area contributed by atoms with E-state index in [4.69, 9.17) is 9.47 Å². The fraction of sp³-hybridized carbons (Fsp3) is 0.417. The third-order valence-corrected chi connectivity index (χ3v) is 3.45. The van der Waals surface area contributed by atoms with Crippen LogP contribution in [0.3, 0.4) is 0 Å². The Morgan fingerprint density at radius 3 is 2.42 bits per heavy atom. The zero-order chi connectivity index (χ0) is 13.7. The molecule has 1 unspecified atom stereocenters. The molecule has 6 nitrogen and oxygen atoms in total. The average molecular weight is 280 g/mol. The summed E-state index contributed by atoms with van der Waals surface area (Å²) in [6.45, 7) is 2.08. The first-order valence-corrected chi connectivity index (χ1v) is 6.77. The lowest BCUT2D eigenvalue weighted by molar-refractivity contribution is 0.372. The summed E-state index contributed by atoms with van der Waals surface area (Å²) >= 11 is 1.60. The van der Waals surface area contributed by atoms with Crippen molar-refractivity contribution in [1.29, 1.82) is 0 Å². The van der Waals surface area contributed by atoms with Crippen LogP contribution < -0.4 is 14.8 Å². The molecule has 0 amide bonds. The molecule has 2 rings (SSSR count). The van der Waals surface area contributed by atoms with Crippen LogP contribution in [0.25, 0.3) is 0 Å². The van der Waals surface area contributed by atoms with Gasteiger partial charge >= 0.3 is 0 Å². The lowest BCUT2D eigenvalue weighted by Gasteiger charge is -2.15. The molecule has 0 aromatic carbocycles. The van der Waals surface area contributed by atoms with Crippen molar-refractivity contribution in [3.63, 3.8) is 0 Å². The highest BCUT2D eigenvalue weighted by Crippen LogP contribution is 2.24. The summed E-state index contributed by atoms with van der Waals surface area (Å²) in [5.41, 5.74) is 0. The van der Waals surface area contributed by atoms with Gasteiger partial charge in [-0.05, 0) is 6.42 Å². The zero-order valence-corrected chi connectivity index (χ0v) is 11.9. The summed E-state index contributed by atoms with van der Waals surface area (Å²) in [6.07, 6.45) is 2.67. The van der Waals surface area contributed by atoms with Crippen LogP contribution in [0.15, 0.2) is 17.6 Å². The lowest BCUT2D eigenvalue weighted by atomic mass is 10.2. The number of rotatable bonds is 6. The van der Waals surface area contributed by atoms with Gasteiger partial charge < -0.3 is 14.8 Å². The maximum atomic E-state index is 5.12. The Hall–Kier alpha value is -1.89. The second-order valence-corrected chi connectivity index (χ2v) is 4.68. The number of ether oxygens (including phenoxy) is 2. The summed E-state index contributed by atoms with van der Waals surface area (Å²) < 4.78 is 10.2. The predicted octanol–water partition coefficient (Wildman–Crippen LogP) is 2.51. The quantitative estimate of drug-likeness (QED) is 0.876. The van der Waals surface area contributed by atoms with E-state index in [1.165, 1.54) is 0 Å². The van der Waals surface area contributed by atoms with Crippen molar-refractivity contribution in [2.24, 2.45) is 0 Å². The SMILES string of the molecule is CCC(Nc1nc(OC)cc(OC)n1)c1nccs1. The van der Waals surface area contributed by atoms with Gasteiger partial charge in [-0.25, -0.2) is 4.98 Å². The average Bonchev–Trinajstić information content (AvgIpc) is 2.98. The number of methoxy groups -OCH3 is 2. The Bertz CT molecular complexity index is 496. The highest BCUT2D eigenvalue weighted by atomic mass is 32.1. The summed E-state index contributed by atoms with van der Waals surface area (Å²) in [5, 5.41) is 6.20. The number of thiazole rings is 1. The maximum absolute atomic E-state index is 5.12. The lowest BCUT2D eigenvalue weighted by Crippen LogP contribution is -2.12. The van der Waals surface area contributed by atoms with Crippen molar-refractivity contribution in [2.75, 3.05) is 19.5 Å². The monoisotopic (exact) mass is 280 g/mol. The molecule has 2 aromatic heterocycles. The number of anilines is 1. The van der Waals surface area contributed by atoms with Gasteiger partial charge in [-0.2, -0.15) is 9.97 Å². The molecule has 0 bridgehead atoms. The van der Waals surface area contributed by atoms with Gasteiger partial charge in [0.05, 0.1) is 26.3 Å². The predicted molar refractivity (Wildman–Crippen MR) is 73.9 cm³/mol. The van der Waals surface area contributed by atoms with E-state index in [9.17, 15) is 0 Å². The molecule has 2 aromatic rings. The van der Waals surface area contributed by atoms with Gasteiger partial charge in [-0.1, -0.05) is 6.92 Å². The van der Waals surface area contributed by atoms with Gasteiger partial charge in [0.1, 0.15) is 5.01 Å². The molecule has 0 radical (unpaired) electrons. The molecule has 1 atom stereocenters. The van der Waals surface area contributed by atoms with Crippen molar-refractivity contribution in [2.45, 2.75) is 19.4 Å². The van der Waals surface area contributed by atoms with Crippen LogP contribution in [0.1, 0.15) is 24.4 Å². The number of hydrogen-bond donors (Lipinski definition) is 1. The van der Waals surface area contributed by atoms with Crippen LogP contribution in [-0.4, -0.2) is 29.2 Å². The molecule has 19 heavy (non-hydrogen) atoms. The van der Waals surface area contributed by atoms with Gasteiger partial charge in [-0.3, -0.25) is 0 Å². The molecule has 1 N–H and O–H groups in total. The van der Waals surface area contributed by atoms with Crippen LogP contribution in [0.5, 0.6) is 11.8 Å². The molecule has 102 valence electrons. The minimum absolute atomic E-state index is 0.0804. The smallest absolute Gasteiger partial charge is 0.229 e. The van der Waals surface area contributed by atoms with Crippen LogP contribution in [0, 0.1) is 0 Å². The molecule has 0 fully saturated rings. The standard InChI is InChI=1S/C12H16N4O2S/c1-4-8(11-13-5-6-19-11)14-12-15-9(17-2)7-10(16-12)18-3/h5-8H,4H2,1-3H3,(H,14,15,16). The Morgan fingerprint density at radius 1 is 1.26 bits per heavy atom. The maximum Gasteiger partial charge on any atom is 0.229 e. The molecule has 2 heterocycles. The van der Waals surface area contributed by atoms with Gasteiger partial charge in [0.2, 0.25) is 17.7 Å². The largest absolute Gasteiger partial charge is 0.481 e. The molecule has 0 saturated carbocycles. The van der Waals surface area contributed by atoms with E-state index in [1.54, 1.807) is 37.8 Å². The van der Waals surface area contributed by atoms with Crippen LogP contribution in [0.2, 0.25) is 0 Å². The summed E-state index contributed by atoms with van der Waals surface area (Å²) in [5.74, 6) is 1.39. The fourth-order valence-electron chi connectivity index (χ4n) is 1.58. The first-order valence-electron chi connectivity index (χ1n) is 5.89. The van der Waals surface area contributed by atoms with E-state index in [0.29, 0.717) is 17.7 Å². The Labute approximate surface area is 115 Å². The second kappa shape index (κ2) is 6.33. The van der Waals surface area contributed by atoms with Crippen LogP contribution >= 0.6 is 11.3 Å². The van der Waals surface area contributed by atoms with Gasteiger partial charge in [0.25, 0.3) is 0 Å². The molecule has 7 heteroatoms. The Kier molecular flexibility index (Phi) is 4.51. The van der Waals surface area contributed by atoms with Crippen molar-refractivity contribution < 1.29 is 9.47 Å². The number of nitrogens with zero attached hydrogens (tertiary/aromatic N) is 3. The topological polar surface area (TPSA) is 69.2 Å². The summed E-state index contributed by atoms with van der Waals surface area (Å²) in [4.78, 5) is 12.8. The molecule has 0 aliphatic rings. The molecule has 0 aliphatic carbocycles. The van der Waals surface area contributed by atoms with E-state index in [1.807, 2.05) is 5.38 Å². The minimum atomic E-state index is 0.0804. The zero-order valence-electron chi connectivity index (χ0n) is 11.1. The fourth-order valence-corrected chi connectivity index (χ4v) is 2.35. The van der Waals surface area contributed by atoms with Gasteiger partial charge in [0, 0.05) is 11.6 Å². The highest BCUT2D eigenvalue weighted by Gasteiger charge is 2.14. The van der Waals surface area contributed by atoms with E-state index in [0.717, 1.165) is 11.4 Å². The molecule has 0 aliphatic heterocycles. The highest BCUT2D eigenvalue weighted by molar-refractivity contribution is 7.09. The Balaban J connectivity index is 2.21. The number of hydrogen-bond acceptors (Lipinski definition) is 7. The molecule has 0 spiro atoms. The van der Waals surface area contributed by atoms with Crippen LogP contribution in [-0.2, 0) is 0 Å². The Morgan fingerprint density at radius 2 is 1.95 bits per heavy atom. The summed E-state index contributed by atoms with van der Waals surface area (Å²) in [6, 6.07) is 1.71. The van der Waals surface area contributed by atoms with Crippen molar-refractivity contribution in [3.8, 4) is 11.8 Å². The molecule has 0 saturated heterocycles. The van der Waals surface area contributed by atoms with E-state index >= 15 is 0 Å². The van der Waals surface area contributed by atoms with Crippen LogP contribution in [0.4, 0.5) is 5.95 Å². The third-order valence-electron chi connectivity index (χ3n) is 2.56. The second-order valence-electron chi connectivity index (χ2n) is 3.75. The molecular formula is C12H16N4O2S.